The van der Waals surface area contributed by atoms with Gasteiger partial charge in [0.25, 0.3) is 5.91 Å². The zero-order chi connectivity index (χ0) is 22.6. The highest BCUT2D eigenvalue weighted by Crippen LogP contribution is 2.37. The molecule has 0 fully saturated rings. The van der Waals surface area contributed by atoms with E-state index in [-0.39, 0.29) is 32.9 Å². The molecule has 31 heavy (non-hydrogen) atoms. The fourth-order valence-electron chi connectivity index (χ4n) is 2.58. The third-order valence-electron chi connectivity index (χ3n) is 3.99. The Morgan fingerprint density at radius 3 is 2.42 bits per heavy atom. The molecule has 0 aliphatic rings. The summed E-state index contributed by atoms with van der Waals surface area (Å²) >= 11 is 11.8. The van der Waals surface area contributed by atoms with Crippen LogP contribution in [0.15, 0.2) is 59.2 Å². The van der Waals surface area contributed by atoms with Crippen LogP contribution in [-0.4, -0.2) is 18.4 Å². The predicted molar refractivity (Wildman–Crippen MR) is 112 cm³/mol. The summed E-state index contributed by atoms with van der Waals surface area (Å²) in [7, 11) is 0. The fourth-order valence-corrected chi connectivity index (χ4v) is 2.93. The van der Waals surface area contributed by atoms with Crippen molar-refractivity contribution in [2.24, 2.45) is 0 Å². The Labute approximate surface area is 184 Å². The minimum absolute atomic E-state index is 0.0490. The first kappa shape index (κ1) is 22.5. The van der Waals surface area contributed by atoms with Gasteiger partial charge in [-0.1, -0.05) is 29.3 Å². The first-order chi connectivity index (χ1) is 14.6. The van der Waals surface area contributed by atoms with Gasteiger partial charge < -0.3 is 20.4 Å². The average molecular weight is 472 g/mol. The van der Waals surface area contributed by atoms with Gasteiger partial charge in [0.05, 0.1) is 34.1 Å². The van der Waals surface area contributed by atoms with Gasteiger partial charge in [-0.05, 0) is 42.5 Å². The van der Waals surface area contributed by atoms with Crippen molar-refractivity contribution < 1.29 is 27.2 Å². The van der Waals surface area contributed by atoms with Crippen molar-refractivity contribution in [2.45, 2.75) is 6.18 Å². The normalized spacial score (nSPS) is 11.1. The number of halogens is 5. The van der Waals surface area contributed by atoms with E-state index in [1.165, 1.54) is 36.6 Å². The van der Waals surface area contributed by atoms with Gasteiger partial charge in [-0.3, -0.25) is 9.59 Å². The molecule has 0 atom stereocenters. The second-order valence-corrected chi connectivity index (χ2v) is 6.98. The summed E-state index contributed by atoms with van der Waals surface area (Å²) in [4.78, 5) is 24.1. The van der Waals surface area contributed by atoms with E-state index in [0.717, 1.165) is 12.1 Å². The molecule has 0 aliphatic heterocycles. The van der Waals surface area contributed by atoms with E-state index in [4.69, 9.17) is 27.6 Å². The Kier molecular flexibility index (Phi) is 6.77. The number of carbonyl (C=O) groups excluding carboxylic acids is 2. The van der Waals surface area contributed by atoms with Crippen LogP contribution in [-0.2, 0) is 11.0 Å². The van der Waals surface area contributed by atoms with E-state index in [9.17, 15) is 22.8 Å². The second kappa shape index (κ2) is 9.32. The zero-order valence-electron chi connectivity index (χ0n) is 15.5. The zero-order valence-corrected chi connectivity index (χ0v) is 17.0. The van der Waals surface area contributed by atoms with Crippen LogP contribution in [0.4, 0.5) is 30.2 Å². The van der Waals surface area contributed by atoms with E-state index in [1.807, 2.05) is 0 Å². The van der Waals surface area contributed by atoms with Crippen molar-refractivity contribution in [3.05, 3.63) is 76.2 Å². The first-order valence-corrected chi connectivity index (χ1v) is 9.44. The van der Waals surface area contributed by atoms with Crippen LogP contribution in [0.25, 0.3) is 0 Å². The third-order valence-corrected chi connectivity index (χ3v) is 4.81. The van der Waals surface area contributed by atoms with E-state index in [2.05, 4.69) is 16.0 Å². The maximum absolute atomic E-state index is 13.5. The third kappa shape index (κ3) is 5.71. The van der Waals surface area contributed by atoms with Crippen LogP contribution < -0.4 is 16.0 Å². The van der Waals surface area contributed by atoms with Crippen molar-refractivity contribution in [3.8, 4) is 0 Å². The summed E-state index contributed by atoms with van der Waals surface area (Å²) in [5.41, 5.74) is -1.25. The number of benzene rings is 2. The van der Waals surface area contributed by atoms with Crippen molar-refractivity contribution in [3.63, 3.8) is 0 Å². The molecule has 3 N–H and O–H groups in total. The van der Waals surface area contributed by atoms with Gasteiger partial charge >= 0.3 is 6.18 Å². The molecule has 3 rings (SSSR count). The van der Waals surface area contributed by atoms with Crippen LogP contribution in [0.3, 0.4) is 0 Å². The topological polar surface area (TPSA) is 83.4 Å². The fraction of sp³-hybridized carbons (Fsp3) is 0.100. The summed E-state index contributed by atoms with van der Waals surface area (Å²) in [6.07, 6.45) is -3.47. The molecule has 6 nitrogen and oxygen atoms in total. The van der Waals surface area contributed by atoms with Crippen molar-refractivity contribution in [1.82, 2.24) is 0 Å². The van der Waals surface area contributed by atoms with Gasteiger partial charge in [0.1, 0.15) is 0 Å². The Morgan fingerprint density at radius 1 is 0.968 bits per heavy atom. The lowest BCUT2D eigenvalue weighted by molar-refractivity contribution is -0.137. The summed E-state index contributed by atoms with van der Waals surface area (Å²) in [6.45, 7) is -0.468. The summed E-state index contributed by atoms with van der Waals surface area (Å²) in [6, 6.07) is 10.6. The highest BCUT2D eigenvalue weighted by molar-refractivity contribution is 6.44. The van der Waals surface area contributed by atoms with E-state index >= 15 is 0 Å². The molecule has 0 spiro atoms. The average Bonchev–Trinajstić information content (AvgIpc) is 3.25. The van der Waals surface area contributed by atoms with Crippen molar-refractivity contribution in [1.29, 1.82) is 0 Å². The predicted octanol–water partition coefficient (Wildman–Crippen LogP) is 5.91. The van der Waals surface area contributed by atoms with Gasteiger partial charge in [-0.25, -0.2) is 0 Å². The number of hydrogen-bond acceptors (Lipinski definition) is 4. The van der Waals surface area contributed by atoms with Crippen LogP contribution in [0, 0.1) is 0 Å². The Bertz CT molecular complexity index is 1100. The minimum atomic E-state index is -4.74. The molecule has 11 heteroatoms. The van der Waals surface area contributed by atoms with Crippen LogP contribution >= 0.6 is 23.2 Å². The molecule has 0 saturated heterocycles. The highest BCUT2D eigenvalue weighted by Gasteiger charge is 2.34. The monoisotopic (exact) mass is 471 g/mol. The Balaban J connectivity index is 1.72. The number of anilines is 3. The number of nitrogens with one attached hydrogen (secondary N) is 3. The van der Waals surface area contributed by atoms with Gasteiger partial charge in [0.2, 0.25) is 5.91 Å². The van der Waals surface area contributed by atoms with Crippen LogP contribution in [0.1, 0.15) is 16.1 Å². The molecule has 2 amide bonds. The molecule has 2 aromatic carbocycles. The number of alkyl halides is 3. The maximum Gasteiger partial charge on any atom is 0.418 e. The molecule has 1 aromatic heterocycles. The van der Waals surface area contributed by atoms with E-state index in [0.29, 0.717) is 0 Å². The molecule has 0 bridgehead atoms. The Hall–Kier alpha value is -3.17. The minimum Gasteiger partial charge on any atom is -0.459 e. The molecule has 0 saturated carbocycles. The number of rotatable bonds is 6. The Morgan fingerprint density at radius 2 is 1.74 bits per heavy atom. The lowest BCUT2D eigenvalue weighted by atomic mass is 10.1. The summed E-state index contributed by atoms with van der Waals surface area (Å²) in [5, 5.41) is 7.57. The lowest BCUT2D eigenvalue weighted by Gasteiger charge is -2.16. The molecular formula is C20H14Cl2F3N3O3. The molecule has 3 aromatic rings. The molecule has 0 unspecified atom stereocenters. The molecule has 0 aliphatic carbocycles. The molecular weight excluding hydrogens is 458 g/mol. The van der Waals surface area contributed by atoms with Crippen molar-refractivity contribution >= 4 is 52.1 Å². The summed E-state index contributed by atoms with van der Waals surface area (Å²) < 4.78 is 45.4. The van der Waals surface area contributed by atoms with Crippen LogP contribution in [0.2, 0.25) is 10.0 Å². The quantitative estimate of drug-likeness (QED) is 0.417. The van der Waals surface area contributed by atoms with E-state index in [1.54, 1.807) is 6.07 Å². The van der Waals surface area contributed by atoms with Crippen LogP contribution in [0.5, 0.6) is 0 Å². The lowest BCUT2D eigenvalue weighted by Crippen LogP contribution is -2.23. The standard InChI is InChI=1S/C20H14Cl2F3N3O3/c21-13-3-1-4-15(18(13)22)28-17(29)10-26-14-7-6-11(9-12(14)20(23,24)25)27-19(30)16-5-2-8-31-16/h1-9,26H,10H2,(H,27,30)(H,28,29). The number of hydrogen-bond donors (Lipinski definition) is 3. The SMILES string of the molecule is O=C(CNc1ccc(NC(=O)c2ccco2)cc1C(F)(F)F)Nc1cccc(Cl)c1Cl. The largest absolute Gasteiger partial charge is 0.459 e. The van der Waals surface area contributed by atoms with Gasteiger partial charge in [0, 0.05) is 11.4 Å². The van der Waals surface area contributed by atoms with Gasteiger partial charge in [-0.2, -0.15) is 13.2 Å². The first-order valence-electron chi connectivity index (χ1n) is 8.69. The molecule has 0 radical (unpaired) electrons. The van der Waals surface area contributed by atoms with Gasteiger partial charge in [0.15, 0.2) is 5.76 Å². The number of furan rings is 1. The smallest absolute Gasteiger partial charge is 0.418 e. The maximum atomic E-state index is 13.5. The summed E-state index contributed by atoms with van der Waals surface area (Å²) in [5.74, 6) is -1.38. The van der Waals surface area contributed by atoms with Crippen molar-refractivity contribution in [2.75, 3.05) is 22.5 Å². The number of amides is 2. The second-order valence-electron chi connectivity index (χ2n) is 6.19. The van der Waals surface area contributed by atoms with Gasteiger partial charge in [-0.15, -0.1) is 0 Å². The number of carbonyl (C=O) groups is 2. The molecule has 162 valence electrons. The molecule has 1 heterocycles. The van der Waals surface area contributed by atoms with E-state index < -0.39 is 30.1 Å². The highest BCUT2D eigenvalue weighted by atomic mass is 35.5.